The Morgan fingerprint density at radius 2 is 1.50 bits per heavy atom. The van der Waals surface area contributed by atoms with E-state index in [0.29, 0.717) is 23.6 Å². The van der Waals surface area contributed by atoms with Crippen molar-refractivity contribution in [1.82, 2.24) is 0 Å². The highest BCUT2D eigenvalue weighted by Gasteiger charge is 2.47. The monoisotopic (exact) mass is 539 g/mol. The lowest BCUT2D eigenvalue weighted by molar-refractivity contribution is -0.132. The van der Waals surface area contributed by atoms with Crippen LogP contribution in [-0.4, -0.2) is 23.4 Å². The lowest BCUT2D eigenvalue weighted by atomic mass is 9.84. The van der Waals surface area contributed by atoms with Crippen molar-refractivity contribution in [2.75, 3.05) is 11.5 Å². The van der Waals surface area contributed by atoms with Gasteiger partial charge in [-0.1, -0.05) is 90.9 Å². The average Bonchev–Trinajstić information content (AvgIpc) is 3.16. The molecule has 4 rings (SSSR count). The van der Waals surface area contributed by atoms with E-state index in [1.807, 2.05) is 68.4 Å². The summed E-state index contributed by atoms with van der Waals surface area (Å²) in [5.41, 5.74) is 4.71. The summed E-state index contributed by atoms with van der Waals surface area (Å²) in [5.74, 6) is -0.920. The first kappa shape index (κ1) is 29.1. The maximum Gasteiger partial charge on any atom is 0.300 e. The van der Waals surface area contributed by atoms with E-state index >= 15 is 0 Å². The zero-order chi connectivity index (χ0) is 29.4. The molecule has 40 heavy (non-hydrogen) atoms. The molecule has 5 nitrogen and oxygen atoms in total. The van der Waals surface area contributed by atoms with Crippen LogP contribution in [0.15, 0.2) is 72.3 Å². The van der Waals surface area contributed by atoms with Crippen molar-refractivity contribution >= 4 is 23.1 Å². The number of ketones is 1. The normalized spacial score (nSPS) is 17.4. The van der Waals surface area contributed by atoms with E-state index in [9.17, 15) is 14.7 Å². The third kappa shape index (κ3) is 5.70. The van der Waals surface area contributed by atoms with Gasteiger partial charge < -0.3 is 9.84 Å². The molecule has 1 unspecified atom stereocenters. The summed E-state index contributed by atoms with van der Waals surface area (Å²) in [6.45, 7) is 17.2. The molecular formula is C35H41NO4. The number of hydrogen-bond acceptors (Lipinski definition) is 4. The van der Waals surface area contributed by atoms with Gasteiger partial charge in [-0.25, -0.2) is 0 Å². The number of aliphatic hydroxyl groups is 1. The van der Waals surface area contributed by atoms with Crippen LogP contribution in [0.1, 0.15) is 88.7 Å². The van der Waals surface area contributed by atoms with Gasteiger partial charge in [0.15, 0.2) is 0 Å². The summed E-state index contributed by atoms with van der Waals surface area (Å²) in [6, 6.07) is 20.3. The van der Waals surface area contributed by atoms with Gasteiger partial charge in [0.1, 0.15) is 11.5 Å². The largest absolute Gasteiger partial charge is 0.507 e. The Kier molecular flexibility index (Phi) is 7.98. The maximum atomic E-state index is 13.7. The van der Waals surface area contributed by atoms with Crippen molar-refractivity contribution < 1.29 is 19.4 Å². The number of Topliss-reactive ketones (excluding diaryl/α,β-unsaturated/α-hetero) is 1. The lowest BCUT2D eigenvalue weighted by Crippen LogP contribution is -2.29. The molecule has 0 aromatic heterocycles. The van der Waals surface area contributed by atoms with Crippen molar-refractivity contribution in [3.63, 3.8) is 0 Å². The summed E-state index contributed by atoms with van der Waals surface area (Å²) in [4.78, 5) is 28.9. The molecule has 0 bridgehead atoms. The molecule has 1 fully saturated rings. The Morgan fingerprint density at radius 1 is 0.875 bits per heavy atom. The van der Waals surface area contributed by atoms with Gasteiger partial charge in [0, 0.05) is 17.3 Å². The molecule has 1 heterocycles. The Hall–Kier alpha value is -3.86. The van der Waals surface area contributed by atoms with Gasteiger partial charge in [-0.2, -0.15) is 0 Å². The second-order valence-corrected chi connectivity index (χ2v) is 12.7. The van der Waals surface area contributed by atoms with E-state index in [2.05, 4.69) is 41.5 Å². The van der Waals surface area contributed by atoms with Crippen molar-refractivity contribution in [3.05, 3.63) is 100 Å². The fourth-order valence-corrected chi connectivity index (χ4v) is 5.01. The van der Waals surface area contributed by atoms with Gasteiger partial charge in [0.25, 0.3) is 11.7 Å². The fourth-order valence-electron chi connectivity index (χ4n) is 5.01. The Morgan fingerprint density at radius 3 is 2.10 bits per heavy atom. The minimum Gasteiger partial charge on any atom is -0.507 e. The van der Waals surface area contributed by atoms with Crippen LogP contribution < -0.4 is 9.64 Å². The SMILES string of the molecule is CCCOc1cccc(N2C(=O)C(=O)/C(=C(/O)c3cc(C(C)(C)C)ccc3C)C2c2ccc(C(C)(C)C)cc2)c1. The molecule has 0 saturated carbocycles. The number of rotatable bonds is 6. The topological polar surface area (TPSA) is 66.8 Å². The number of nitrogens with zero attached hydrogens (tertiary/aromatic N) is 1. The van der Waals surface area contributed by atoms with Gasteiger partial charge in [-0.05, 0) is 64.6 Å². The number of hydrogen-bond donors (Lipinski definition) is 1. The maximum absolute atomic E-state index is 13.7. The van der Waals surface area contributed by atoms with E-state index < -0.39 is 17.7 Å². The quantitative estimate of drug-likeness (QED) is 0.196. The smallest absolute Gasteiger partial charge is 0.300 e. The number of benzene rings is 3. The molecular weight excluding hydrogens is 498 g/mol. The van der Waals surface area contributed by atoms with Crippen LogP contribution in [0.5, 0.6) is 5.75 Å². The van der Waals surface area contributed by atoms with E-state index in [4.69, 9.17) is 4.74 Å². The zero-order valence-corrected chi connectivity index (χ0v) is 25.0. The van der Waals surface area contributed by atoms with Crippen molar-refractivity contribution in [1.29, 1.82) is 0 Å². The third-order valence-corrected chi connectivity index (χ3v) is 7.46. The highest BCUT2D eigenvalue weighted by molar-refractivity contribution is 6.51. The van der Waals surface area contributed by atoms with Crippen LogP contribution in [0.2, 0.25) is 0 Å². The molecule has 1 atom stereocenters. The first-order valence-electron chi connectivity index (χ1n) is 14.0. The summed E-state index contributed by atoms with van der Waals surface area (Å²) in [7, 11) is 0. The standard InChI is InChI=1S/C35H41NO4/c1-9-19-40-27-12-10-11-26(21-27)36-30(23-14-17-24(18-15-23)34(3,4)5)29(32(38)33(36)39)31(37)28-20-25(35(6,7)8)16-13-22(28)2/h10-18,20-21,30,37H,9,19H2,1-8H3/b31-29+. The zero-order valence-electron chi connectivity index (χ0n) is 25.0. The van der Waals surface area contributed by atoms with Crippen LogP contribution in [0, 0.1) is 6.92 Å². The summed E-state index contributed by atoms with van der Waals surface area (Å²) in [5, 5.41) is 11.8. The molecule has 210 valence electrons. The van der Waals surface area contributed by atoms with E-state index in [-0.39, 0.29) is 22.2 Å². The number of aliphatic hydroxyl groups excluding tert-OH is 1. The van der Waals surface area contributed by atoms with Crippen LogP contribution in [0.25, 0.3) is 5.76 Å². The first-order chi connectivity index (χ1) is 18.7. The van der Waals surface area contributed by atoms with Crippen LogP contribution >= 0.6 is 0 Å². The van der Waals surface area contributed by atoms with Gasteiger partial charge in [0.05, 0.1) is 18.2 Å². The number of carbonyl (C=O) groups excluding carboxylic acids is 2. The fraction of sp³-hybridized carbons (Fsp3) is 0.371. The van der Waals surface area contributed by atoms with Gasteiger partial charge in [0.2, 0.25) is 0 Å². The first-order valence-corrected chi connectivity index (χ1v) is 14.0. The van der Waals surface area contributed by atoms with Crippen LogP contribution in [0.3, 0.4) is 0 Å². The molecule has 1 aliphatic heterocycles. The second kappa shape index (κ2) is 11.0. The molecule has 1 amide bonds. The van der Waals surface area contributed by atoms with Gasteiger partial charge in [-0.15, -0.1) is 0 Å². The number of aryl methyl sites for hydroxylation is 1. The minimum absolute atomic E-state index is 0.0597. The van der Waals surface area contributed by atoms with E-state index in [1.54, 1.807) is 12.1 Å². The predicted octanol–water partition coefficient (Wildman–Crippen LogP) is 8.01. The summed E-state index contributed by atoms with van der Waals surface area (Å²) in [6.07, 6.45) is 0.849. The highest BCUT2D eigenvalue weighted by Crippen LogP contribution is 2.44. The molecule has 1 saturated heterocycles. The van der Waals surface area contributed by atoms with Crippen molar-refractivity contribution in [2.24, 2.45) is 0 Å². The Bertz CT molecular complexity index is 1450. The number of ether oxygens (including phenoxy) is 1. The van der Waals surface area contributed by atoms with Gasteiger partial charge in [-0.3, -0.25) is 14.5 Å². The second-order valence-electron chi connectivity index (χ2n) is 12.7. The van der Waals surface area contributed by atoms with Gasteiger partial charge >= 0.3 is 0 Å². The van der Waals surface area contributed by atoms with Crippen LogP contribution in [-0.2, 0) is 20.4 Å². The van der Waals surface area contributed by atoms with Crippen LogP contribution in [0.4, 0.5) is 5.69 Å². The average molecular weight is 540 g/mol. The lowest BCUT2D eigenvalue weighted by Gasteiger charge is -2.27. The van der Waals surface area contributed by atoms with E-state index in [1.165, 1.54) is 4.90 Å². The predicted molar refractivity (Wildman–Crippen MR) is 162 cm³/mol. The highest BCUT2D eigenvalue weighted by atomic mass is 16.5. The molecule has 3 aromatic rings. The minimum atomic E-state index is -0.798. The molecule has 0 radical (unpaired) electrons. The summed E-state index contributed by atoms with van der Waals surface area (Å²) >= 11 is 0. The Labute approximate surface area is 238 Å². The number of amides is 1. The molecule has 5 heteroatoms. The Balaban J connectivity index is 1.95. The molecule has 1 N–H and O–H groups in total. The molecule has 0 spiro atoms. The molecule has 0 aliphatic carbocycles. The van der Waals surface area contributed by atoms with Crippen molar-refractivity contribution in [3.8, 4) is 5.75 Å². The molecule has 3 aromatic carbocycles. The third-order valence-electron chi connectivity index (χ3n) is 7.46. The molecule has 1 aliphatic rings. The number of anilines is 1. The van der Waals surface area contributed by atoms with E-state index in [0.717, 1.165) is 28.7 Å². The number of carbonyl (C=O) groups is 2. The van der Waals surface area contributed by atoms with Crippen molar-refractivity contribution in [2.45, 2.75) is 78.7 Å². The summed E-state index contributed by atoms with van der Waals surface area (Å²) < 4.78 is 5.83.